The van der Waals surface area contributed by atoms with Crippen molar-refractivity contribution in [2.75, 3.05) is 5.32 Å². The Morgan fingerprint density at radius 1 is 0.862 bits per heavy atom. The van der Waals surface area contributed by atoms with Crippen molar-refractivity contribution in [2.45, 2.75) is 19.4 Å². The number of benzene rings is 3. The topological polar surface area (TPSA) is 55.4 Å². The first-order valence-electron chi connectivity index (χ1n) is 9.03. The van der Waals surface area contributed by atoms with Crippen LogP contribution in [0.1, 0.15) is 12.5 Å². The molecule has 1 atom stereocenters. The summed E-state index contributed by atoms with van der Waals surface area (Å²) in [5.74, 6) is -3.25. The van der Waals surface area contributed by atoms with Crippen molar-refractivity contribution in [1.82, 2.24) is 0 Å². The fourth-order valence-electron chi connectivity index (χ4n) is 2.75. The number of hydrogen-bond acceptors (Lipinski definition) is 3. The van der Waals surface area contributed by atoms with Gasteiger partial charge in [0.25, 0.3) is 5.91 Å². The Morgan fingerprint density at radius 2 is 1.45 bits per heavy atom. The first-order valence-corrected chi connectivity index (χ1v) is 9.03. The smallest absolute Gasteiger partial charge is 0.311 e. The van der Waals surface area contributed by atoms with Crippen LogP contribution < -0.4 is 5.32 Å². The maximum absolute atomic E-state index is 13.6. The quantitative estimate of drug-likeness (QED) is 0.613. The number of ether oxygens (including phenoxy) is 1. The van der Waals surface area contributed by atoms with Gasteiger partial charge in [-0.3, -0.25) is 9.59 Å². The van der Waals surface area contributed by atoms with E-state index in [1.165, 1.54) is 13.0 Å². The zero-order chi connectivity index (χ0) is 20.8. The summed E-state index contributed by atoms with van der Waals surface area (Å²) in [6, 6.07) is 20.4. The van der Waals surface area contributed by atoms with Crippen LogP contribution in [0.3, 0.4) is 0 Å². The van der Waals surface area contributed by atoms with Crippen molar-refractivity contribution in [3.8, 4) is 11.1 Å². The summed E-state index contributed by atoms with van der Waals surface area (Å²) < 4.78 is 32.3. The van der Waals surface area contributed by atoms with Gasteiger partial charge < -0.3 is 10.1 Å². The molecule has 0 spiro atoms. The van der Waals surface area contributed by atoms with Gasteiger partial charge in [-0.15, -0.1) is 0 Å². The summed E-state index contributed by atoms with van der Waals surface area (Å²) in [5.41, 5.74) is 2.23. The fraction of sp³-hybridized carbons (Fsp3) is 0.130. The SMILES string of the molecule is CC(OC(=O)Cc1ccc(-c2ccccc2)cc1)C(=O)Nc1c(F)cccc1F. The molecule has 3 aromatic rings. The number of para-hydroxylation sites is 1. The monoisotopic (exact) mass is 395 g/mol. The number of carbonyl (C=O) groups excluding carboxylic acids is 2. The number of esters is 1. The predicted octanol–water partition coefficient (Wildman–Crippen LogP) is 4.74. The average molecular weight is 395 g/mol. The van der Waals surface area contributed by atoms with Crippen molar-refractivity contribution in [2.24, 2.45) is 0 Å². The Kier molecular flexibility index (Phi) is 6.34. The van der Waals surface area contributed by atoms with Gasteiger partial charge in [0.1, 0.15) is 17.3 Å². The summed E-state index contributed by atoms with van der Waals surface area (Å²) in [6.45, 7) is 1.34. The van der Waals surface area contributed by atoms with Crippen LogP contribution in [-0.4, -0.2) is 18.0 Å². The van der Waals surface area contributed by atoms with E-state index in [0.29, 0.717) is 0 Å². The van der Waals surface area contributed by atoms with E-state index in [4.69, 9.17) is 4.74 Å². The van der Waals surface area contributed by atoms with Crippen LogP contribution in [0.25, 0.3) is 11.1 Å². The van der Waals surface area contributed by atoms with Gasteiger partial charge in [0.15, 0.2) is 6.10 Å². The van der Waals surface area contributed by atoms with Gasteiger partial charge in [0, 0.05) is 0 Å². The molecule has 1 amide bonds. The average Bonchev–Trinajstić information content (AvgIpc) is 2.72. The fourth-order valence-corrected chi connectivity index (χ4v) is 2.75. The van der Waals surface area contributed by atoms with Crippen molar-refractivity contribution in [3.63, 3.8) is 0 Å². The molecule has 0 fully saturated rings. The molecule has 4 nitrogen and oxygen atoms in total. The third-order valence-electron chi connectivity index (χ3n) is 4.30. The summed E-state index contributed by atoms with van der Waals surface area (Å²) in [5, 5.41) is 2.11. The van der Waals surface area contributed by atoms with E-state index in [9.17, 15) is 18.4 Å². The molecular weight excluding hydrogens is 376 g/mol. The van der Waals surface area contributed by atoms with Crippen LogP contribution in [0.2, 0.25) is 0 Å². The zero-order valence-electron chi connectivity index (χ0n) is 15.7. The second kappa shape index (κ2) is 9.10. The lowest BCUT2D eigenvalue weighted by Crippen LogP contribution is -2.31. The summed E-state index contributed by atoms with van der Waals surface area (Å²) in [4.78, 5) is 24.2. The molecule has 0 saturated heterocycles. The first-order chi connectivity index (χ1) is 13.9. The van der Waals surface area contributed by atoms with Gasteiger partial charge >= 0.3 is 5.97 Å². The van der Waals surface area contributed by atoms with E-state index in [-0.39, 0.29) is 6.42 Å². The summed E-state index contributed by atoms with van der Waals surface area (Å²) >= 11 is 0. The number of rotatable bonds is 6. The maximum Gasteiger partial charge on any atom is 0.311 e. The van der Waals surface area contributed by atoms with Gasteiger partial charge in [0.05, 0.1) is 6.42 Å². The third kappa shape index (κ3) is 5.25. The van der Waals surface area contributed by atoms with Crippen LogP contribution in [0.4, 0.5) is 14.5 Å². The number of carbonyl (C=O) groups is 2. The Labute approximate surface area is 167 Å². The minimum Gasteiger partial charge on any atom is -0.452 e. The molecule has 6 heteroatoms. The lowest BCUT2D eigenvalue weighted by atomic mass is 10.0. The van der Waals surface area contributed by atoms with Gasteiger partial charge in [-0.05, 0) is 35.7 Å². The molecule has 0 aliphatic heterocycles. The highest BCUT2D eigenvalue weighted by molar-refractivity contribution is 5.95. The third-order valence-corrected chi connectivity index (χ3v) is 4.30. The molecule has 0 saturated carbocycles. The lowest BCUT2D eigenvalue weighted by molar-refractivity contribution is -0.152. The van der Waals surface area contributed by atoms with E-state index < -0.39 is 35.3 Å². The molecule has 0 bridgehead atoms. The second-order valence-electron chi connectivity index (χ2n) is 6.46. The van der Waals surface area contributed by atoms with Crippen molar-refractivity contribution < 1.29 is 23.1 Å². The Morgan fingerprint density at radius 3 is 2.07 bits per heavy atom. The Bertz CT molecular complexity index is 984. The molecule has 3 aromatic carbocycles. The van der Waals surface area contributed by atoms with Crippen LogP contribution in [0.5, 0.6) is 0 Å². The van der Waals surface area contributed by atoms with Crippen molar-refractivity contribution >= 4 is 17.6 Å². The van der Waals surface area contributed by atoms with E-state index in [1.54, 1.807) is 0 Å². The van der Waals surface area contributed by atoms with Gasteiger partial charge in [-0.2, -0.15) is 0 Å². The van der Waals surface area contributed by atoms with Gasteiger partial charge in [0.2, 0.25) is 0 Å². The highest BCUT2D eigenvalue weighted by Gasteiger charge is 2.21. The Balaban J connectivity index is 1.56. The maximum atomic E-state index is 13.6. The molecule has 0 aliphatic rings. The lowest BCUT2D eigenvalue weighted by Gasteiger charge is -2.14. The summed E-state index contributed by atoms with van der Waals surface area (Å²) in [6.07, 6.45) is -1.23. The molecule has 0 radical (unpaired) electrons. The van der Waals surface area contributed by atoms with E-state index in [1.807, 2.05) is 54.6 Å². The largest absolute Gasteiger partial charge is 0.452 e. The van der Waals surface area contributed by atoms with Gasteiger partial charge in [-0.25, -0.2) is 8.78 Å². The first kappa shape index (κ1) is 20.2. The molecule has 29 heavy (non-hydrogen) atoms. The van der Waals surface area contributed by atoms with E-state index in [0.717, 1.165) is 28.8 Å². The molecule has 0 aliphatic carbocycles. The number of anilines is 1. The normalized spacial score (nSPS) is 11.6. The highest BCUT2D eigenvalue weighted by Crippen LogP contribution is 2.20. The number of hydrogen-bond donors (Lipinski definition) is 1. The minimum absolute atomic E-state index is 0.0270. The van der Waals surface area contributed by atoms with Crippen LogP contribution in [0.15, 0.2) is 72.8 Å². The molecule has 3 rings (SSSR count). The van der Waals surface area contributed by atoms with Crippen molar-refractivity contribution in [3.05, 3.63) is 90.0 Å². The molecule has 0 aromatic heterocycles. The second-order valence-corrected chi connectivity index (χ2v) is 6.46. The van der Waals surface area contributed by atoms with Crippen LogP contribution >= 0.6 is 0 Å². The number of halogens is 2. The molecule has 148 valence electrons. The van der Waals surface area contributed by atoms with Crippen LogP contribution in [0, 0.1) is 11.6 Å². The molecule has 1 N–H and O–H groups in total. The molecule has 0 heterocycles. The van der Waals surface area contributed by atoms with Crippen molar-refractivity contribution in [1.29, 1.82) is 0 Å². The molecule has 1 unspecified atom stereocenters. The number of nitrogens with one attached hydrogen (secondary N) is 1. The predicted molar refractivity (Wildman–Crippen MR) is 106 cm³/mol. The van der Waals surface area contributed by atoms with Crippen LogP contribution in [-0.2, 0) is 20.7 Å². The van der Waals surface area contributed by atoms with E-state index in [2.05, 4.69) is 5.32 Å². The standard InChI is InChI=1S/C23H19F2NO3/c1-15(23(28)26-22-19(24)8-5-9-20(22)25)29-21(27)14-16-10-12-18(13-11-16)17-6-3-2-4-7-17/h2-13,15H,14H2,1H3,(H,26,28). The minimum atomic E-state index is -1.20. The summed E-state index contributed by atoms with van der Waals surface area (Å²) in [7, 11) is 0. The highest BCUT2D eigenvalue weighted by atomic mass is 19.1. The Hall–Kier alpha value is -3.54. The molecular formula is C23H19F2NO3. The van der Waals surface area contributed by atoms with E-state index >= 15 is 0 Å². The number of amides is 1. The van der Waals surface area contributed by atoms with Gasteiger partial charge in [-0.1, -0.05) is 60.7 Å². The zero-order valence-corrected chi connectivity index (χ0v) is 15.7.